The lowest BCUT2D eigenvalue weighted by molar-refractivity contribution is -0.129. The van der Waals surface area contributed by atoms with Crippen LogP contribution in [-0.4, -0.2) is 30.4 Å². The SMILES string of the molecule is O=C(CNc1ccc(Br)cc1)N(CCc1ccccc1)CCc1ccccc1. The van der Waals surface area contributed by atoms with Gasteiger partial charge >= 0.3 is 0 Å². The molecule has 0 saturated carbocycles. The van der Waals surface area contributed by atoms with E-state index in [0.717, 1.165) is 36.1 Å². The lowest BCUT2D eigenvalue weighted by Crippen LogP contribution is -2.38. The average Bonchev–Trinajstić information content (AvgIpc) is 2.74. The van der Waals surface area contributed by atoms with E-state index < -0.39 is 0 Å². The monoisotopic (exact) mass is 436 g/mol. The quantitative estimate of drug-likeness (QED) is 0.501. The summed E-state index contributed by atoms with van der Waals surface area (Å²) in [6.45, 7) is 1.74. The van der Waals surface area contributed by atoms with Crippen molar-refractivity contribution < 1.29 is 4.79 Å². The van der Waals surface area contributed by atoms with Crippen LogP contribution in [0.5, 0.6) is 0 Å². The minimum Gasteiger partial charge on any atom is -0.376 e. The molecule has 1 amide bonds. The fourth-order valence-corrected chi connectivity index (χ4v) is 3.30. The molecule has 28 heavy (non-hydrogen) atoms. The molecule has 0 saturated heterocycles. The molecule has 1 N–H and O–H groups in total. The predicted octanol–water partition coefficient (Wildman–Crippen LogP) is 5.18. The molecule has 0 spiro atoms. The first-order chi connectivity index (χ1) is 13.7. The van der Waals surface area contributed by atoms with Crippen LogP contribution in [0.25, 0.3) is 0 Å². The number of nitrogens with one attached hydrogen (secondary N) is 1. The number of amides is 1. The number of carbonyl (C=O) groups is 1. The van der Waals surface area contributed by atoms with Gasteiger partial charge in [-0.15, -0.1) is 0 Å². The van der Waals surface area contributed by atoms with Crippen LogP contribution in [0, 0.1) is 0 Å². The zero-order valence-electron chi connectivity index (χ0n) is 15.9. The molecular weight excluding hydrogens is 412 g/mol. The van der Waals surface area contributed by atoms with Crippen LogP contribution in [-0.2, 0) is 17.6 Å². The molecule has 0 aliphatic rings. The number of hydrogen-bond acceptors (Lipinski definition) is 2. The van der Waals surface area contributed by atoms with Crippen LogP contribution in [0.4, 0.5) is 5.69 Å². The molecule has 3 rings (SSSR count). The van der Waals surface area contributed by atoms with Crippen molar-refractivity contribution in [1.82, 2.24) is 4.90 Å². The number of nitrogens with zero attached hydrogens (tertiary/aromatic N) is 1. The molecular formula is C24H25BrN2O. The van der Waals surface area contributed by atoms with E-state index in [4.69, 9.17) is 0 Å². The number of anilines is 1. The first-order valence-corrected chi connectivity index (χ1v) is 10.3. The van der Waals surface area contributed by atoms with E-state index >= 15 is 0 Å². The maximum Gasteiger partial charge on any atom is 0.241 e. The van der Waals surface area contributed by atoms with Crippen LogP contribution >= 0.6 is 15.9 Å². The maximum absolute atomic E-state index is 12.9. The summed E-state index contributed by atoms with van der Waals surface area (Å²) in [4.78, 5) is 14.8. The lowest BCUT2D eigenvalue weighted by atomic mass is 10.1. The van der Waals surface area contributed by atoms with E-state index in [2.05, 4.69) is 45.5 Å². The van der Waals surface area contributed by atoms with Gasteiger partial charge in [-0.05, 0) is 48.2 Å². The van der Waals surface area contributed by atoms with Gasteiger partial charge < -0.3 is 10.2 Å². The Labute approximate surface area is 175 Å². The van der Waals surface area contributed by atoms with Gasteiger partial charge in [0.25, 0.3) is 0 Å². The minimum absolute atomic E-state index is 0.120. The van der Waals surface area contributed by atoms with Crippen molar-refractivity contribution in [1.29, 1.82) is 0 Å². The molecule has 0 aliphatic heterocycles. The predicted molar refractivity (Wildman–Crippen MR) is 120 cm³/mol. The molecule has 3 aromatic rings. The maximum atomic E-state index is 12.9. The van der Waals surface area contributed by atoms with Crippen molar-refractivity contribution in [3.63, 3.8) is 0 Å². The second-order valence-corrected chi connectivity index (χ2v) is 7.63. The van der Waals surface area contributed by atoms with Crippen LogP contribution in [0.15, 0.2) is 89.4 Å². The zero-order chi connectivity index (χ0) is 19.6. The second-order valence-electron chi connectivity index (χ2n) is 6.71. The molecule has 0 atom stereocenters. The Balaban J connectivity index is 1.59. The van der Waals surface area contributed by atoms with E-state index in [-0.39, 0.29) is 5.91 Å². The highest BCUT2D eigenvalue weighted by Crippen LogP contribution is 2.14. The minimum atomic E-state index is 0.120. The molecule has 0 unspecified atom stereocenters. The van der Waals surface area contributed by atoms with Gasteiger partial charge in [0.2, 0.25) is 5.91 Å². The third-order valence-electron chi connectivity index (χ3n) is 4.67. The number of hydrogen-bond donors (Lipinski definition) is 1. The summed E-state index contributed by atoms with van der Waals surface area (Å²) in [7, 11) is 0. The molecule has 0 radical (unpaired) electrons. The molecule has 0 aliphatic carbocycles. The summed E-state index contributed by atoms with van der Waals surface area (Å²) in [6, 6.07) is 28.5. The van der Waals surface area contributed by atoms with Gasteiger partial charge in [-0.2, -0.15) is 0 Å². The van der Waals surface area contributed by atoms with Crippen LogP contribution in [0.3, 0.4) is 0 Å². The number of carbonyl (C=O) groups excluding carboxylic acids is 1. The second kappa shape index (κ2) is 10.7. The molecule has 0 aromatic heterocycles. The van der Waals surface area contributed by atoms with Gasteiger partial charge in [0, 0.05) is 23.2 Å². The molecule has 3 nitrogen and oxygen atoms in total. The summed E-state index contributed by atoms with van der Waals surface area (Å²) in [6.07, 6.45) is 1.72. The lowest BCUT2D eigenvalue weighted by Gasteiger charge is -2.23. The highest BCUT2D eigenvalue weighted by molar-refractivity contribution is 9.10. The van der Waals surface area contributed by atoms with Crippen molar-refractivity contribution in [2.45, 2.75) is 12.8 Å². The Morgan fingerprint density at radius 3 is 1.75 bits per heavy atom. The summed E-state index contributed by atoms with van der Waals surface area (Å²) in [5.74, 6) is 0.120. The summed E-state index contributed by atoms with van der Waals surface area (Å²) >= 11 is 3.43. The van der Waals surface area contributed by atoms with Gasteiger partial charge in [0.1, 0.15) is 0 Å². The summed E-state index contributed by atoms with van der Waals surface area (Å²) < 4.78 is 1.02. The van der Waals surface area contributed by atoms with E-state index in [9.17, 15) is 4.79 Å². The number of rotatable bonds is 9. The van der Waals surface area contributed by atoms with E-state index in [0.29, 0.717) is 6.54 Å². The average molecular weight is 437 g/mol. The molecule has 3 aromatic carbocycles. The first-order valence-electron chi connectivity index (χ1n) is 9.56. The van der Waals surface area contributed by atoms with E-state index in [1.54, 1.807) is 0 Å². The zero-order valence-corrected chi connectivity index (χ0v) is 17.4. The summed E-state index contributed by atoms with van der Waals surface area (Å²) in [5.41, 5.74) is 3.45. The van der Waals surface area contributed by atoms with Crippen molar-refractivity contribution in [3.05, 3.63) is 101 Å². The first kappa shape index (κ1) is 20.2. The van der Waals surface area contributed by atoms with Crippen LogP contribution in [0.2, 0.25) is 0 Å². The molecule has 144 valence electrons. The van der Waals surface area contributed by atoms with Gasteiger partial charge in [-0.1, -0.05) is 76.6 Å². The Morgan fingerprint density at radius 1 is 0.750 bits per heavy atom. The normalized spacial score (nSPS) is 10.5. The van der Waals surface area contributed by atoms with Crippen molar-refractivity contribution >= 4 is 27.5 Å². The third kappa shape index (κ3) is 6.54. The van der Waals surface area contributed by atoms with Crippen LogP contribution in [0.1, 0.15) is 11.1 Å². The topological polar surface area (TPSA) is 32.3 Å². The largest absolute Gasteiger partial charge is 0.376 e. The summed E-state index contributed by atoms with van der Waals surface area (Å²) in [5, 5.41) is 3.24. The number of halogens is 1. The Kier molecular flexibility index (Phi) is 7.68. The van der Waals surface area contributed by atoms with Gasteiger partial charge in [0.15, 0.2) is 0 Å². The molecule has 0 bridgehead atoms. The molecule has 0 fully saturated rings. The van der Waals surface area contributed by atoms with Gasteiger partial charge in [-0.3, -0.25) is 4.79 Å². The van der Waals surface area contributed by atoms with Gasteiger partial charge in [0.05, 0.1) is 6.54 Å². The third-order valence-corrected chi connectivity index (χ3v) is 5.20. The van der Waals surface area contributed by atoms with Crippen molar-refractivity contribution in [2.24, 2.45) is 0 Å². The fraction of sp³-hybridized carbons (Fsp3) is 0.208. The highest BCUT2D eigenvalue weighted by atomic mass is 79.9. The van der Waals surface area contributed by atoms with E-state index in [1.807, 2.05) is 65.6 Å². The Bertz CT molecular complexity index is 807. The highest BCUT2D eigenvalue weighted by Gasteiger charge is 2.13. The molecule has 0 heterocycles. The van der Waals surface area contributed by atoms with E-state index in [1.165, 1.54) is 11.1 Å². The Hall–Kier alpha value is -2.59. The fourth-order valence-electron chi connectivity index (χ4n) is 3.04. The standard InChI is InChI=1S/C24H25BrN2O/c25-22-11-13-23(14-12-22)26-19-24(28)27(17-15-20-7-3-1-4-8-20)18-16-21-9-5-2-6-10-21/h1-14,26H,15-19H2. The van der Waals surface area contributed by atoms with Crippen LogP contribution < -0.4 is 5.32 Å². The van der Waals surface area contributed by atoms with Crippen molar-refractivity contribution in [2.75, 3.05) is 25.0 Å². The molecule has 4 heteroatoms. The van der Waals surface area contributed by atoms with Gasteiger partial charge in [-0.25, -0.2) is 0 Å². The van der Waals surface area contributed by atoms with Crippen molar-refractivity contribution in [3.8, 4) is 0 Å². The Morgan fingerprint density at radius 2 is 1.25 bits per heavy atom. The smallest absolute Gasteiger partial charge is 0.241 e. The number of benzene rings is 3.